The molecule has 0 saturated carbocycles. The van der Waals surface area contributed by atoms with E-state index in [0.29, 0.717) is 5.75 Å². The summed E-state index contributed by atoms with van der Waals surface area (Å²) in [6.45, 7) is 4.50. The Morgan fingerprint density at radius 3 is 1.79 bits per heavy atom. The van der Waals surface area contributed by atoms with Gasteiger partial charge in [-0.05, 0) is 48.4 Å². The van der Waals surface area contributed by atoms with Crippen LogP contribution in [0.25, 0.3) is 11.1 Å². The van der Waals surface area contributed by atoms with Crippen LogP contribution in [0.4, 0.5) is 0 Å². The summed E-state index contributed by atoms with van der Waals surface area (Å²) in [5.41, 5.74) is 4.95. The Hall–Kier alpha value is -1.76. The number of phenols is 1. The smallest absolute Gasteiger partial charge is 0.123 e. The molecule has 160 valence electrons. The van der Waals surface area contributed by atoms with Crippen LogP contribution in [0, 0.1) is 0 Å². The molecule has 0 unspecified atom stereocenters. The maximum atomic E-state index is 10.6. The summed E-state index contributed by atoms with van der Waals surface area (Å²) in [5.74, 6) is 0.425. The van der Waals surface area contributed by atoms with Crippen LogP contribution in [-0.4, -0.2) is 5.11 Å². The predicted octanol–water partition coefficient (Wildman–Crippen LogP) is 8.87. The molecule has 0 fully saturated rings. The fourth-order valence-corrected chi connectivity index (χ4v) is 4.26. The van der Waals surface area contributed by atoms with E-state index >= 15 is 0 Å². The molecular weight excluding hydrogens is 352 g/mol. The van der Waals surface area contributed by atoms with Crippen LogP contribution in [0.15, 0.2) is 42.5 Å². The van der Waals surface area contributed by atoms with Crippen molar-refractivity contribution in [2.45, 2.75) is 104 Å². The summed E-state index contributed by atoms with van der Waals surface area (Å²) in [7, 11) is 0. The third-order valence-corrected chi connectivity index (χ3v) is 6.01. The van der Waals surface area contributed by atoms with E-state index in [1.165, 1.54) is 87.3 Å². The van der Waals surface area contributed by atoms with Crippen LogP contribution in [0.2, 0.25) is 0 Å². The average Bonchev–Trinajstić information content (AvgIpc) is 2.74. The molecule has 1 N–H and O–H groups in total. The van der Waals surface area contributed by atoms with Crippen molar-refractivity contribution in [3.05, 3.63) is 53.6 Å². The number of phenolic OH excluding ortho intramolecular Hbond substituents is 1. The summed E-state index contributed by atoms with van der Waals surface area (Å²) < 4.78 is 0. The SMILES string of the molecule is CCCCCCCCCCCCc1ccccc1-c1c(O)cccc1CCCC. The van der Waals surface area contributed by atoms with Crippen LogP contribution in [0.3, 0.4) is 0 Å². The quantitative estimate of drug-likeness (QED) is 0.299. The maximum absolute atomic E-state index is 10.6. The highest BCUT2D eigenvalue weighted by Crippen LogP contribution is 2.36. The van der Waals surface area contributed by atoms with Gasteiger partial charge < -0.3 is 5.11 Å². The van der Waals surface area contributed by atoms with Gasteiger partial charge in [-0.2, -0.15) is 0 Å². The highest BCUT2D eigenvalue weighted by molar-refractivity contribution is 5.76. The lowest BCUT2D eigenvalue weighted by Gasteiger charge is -2.15. The van der Waals surface area contributed by atoms with E-state index in [4.69, 9.17) is 0 Å². The second-order valence-electron chi connectivity index (χ2n) is 8.50. The second kappa shape index (κ2) is 14.3. The number of rotatable bonds is 15. The predicted molar refractivity (Wildman–Crippen MR) is 128 cm³/mol. The van der Waals surface area contributed by atoms with Gasteiger partial charge in [-0.25, -0.2) is 0 Å². The first-order chi connectivity index (χ1) is 14.3. The van der Waals surface area contributed by atoms with E-state index in [1.807, 2.05) is 12.1 Å². The molecule has 0 aliphatic rings. The Labute approximate surface area is 179 Å². The van der Waals surface area contributed by atoms with Crippen molar-refractivity contribution in [1.82, 2.24) is 0 Å². The summed E-state index contributed by atoms with van der Waals surface area (Å²) in [6, 6.07) is 14.7. The van der Waals surface area contributed by atoms with Crippen LogP contribution >= 0.6 is 0 Å². The molecule has 0 amide bonds. The minimum absolute atomic E-state index is 0.425. The molecule has 2 aromatic rings. The van der Waals surface area contributed by atoms with E-state index in [-0.39, 0.29) is 0 Å². The third kappa shape index (κ3) is 8.25. The molecule has 1 heteroatoms. The van der Waals surface area contributed by atoms with Crippen molar-refractivity contribution in [1.29, 1.82) is 0 Å². The Morgan fingerprint density at radius 1 is 0.552 bits per heavy atom. The lowest BCUT2D eigenvalue weighted by atomic mass is 9.90. The topological polar surface area (TPSA) is 20.2 Å². The lowest BCUT2D eigenvalue weighted by molar-refractivity contribution is 0.476. The molecular formula is C28H42O. The number of unbranched alkanes of at least 4 members (excludes halogenated alkanes) is 10. The van der Waals surface area contributed by atoms with E-state index in [2.05, 4.69) is 44.2 Å². The number of hydrogen-bond acceptors (Lipinski definition) is 1. The average molecular weight is 395 g/mol. The normalized spacial score (nSPS) is 11.1. The molecule has 0 bridgehead atoms. The van der Waals surface area contributed by atoms with E-state index in [9.17, 15) is 5.11 Å². The molecule has 2 aromatic carbocycles. The summed E-state index contributed by atoms with van der Waals surface area (Å²) in [4.78, 5) is 0. The molecule has 0 heterocycles. The fraction of sp³-hybridized carbons (Fsp3) is 0.571. The number of aromatic hydroxyl groups is 1. The van der Waals surface area contributed by atoms with E-state index in [0.717, 1.165) is 24.8 Å². The monoisotopic (exact) mass is 394 g/mol. The zero-order chi connectivity index (χ0) is 20.7. The van der Waals surface area contributed by atoms with Gasteiger partial charge in [0.2, 0.25) is 0 Å². The molecule has 0 aliphatic heterocycles. The van der Waals surface area contributed by atoms with Crippen molar-refractivity contribution in [3.8, 4) is 16.9 Å². The summed E-state index contributed by atoms with van der Waals surface area (Å²) in [6.07, 6.45) is 18.2. The first-order valence-electron chi connectivity index (χ1n) is 12.2. The molecule has 0 atom stereocenters. The fourth-order valence-electron chi connectivity index (χ4n) is 4.26. The van der Waals surface area contributed by atoms with Crippen LogP contribution in [-0.2, 0) is 12.8 Å². The van der Waals surface area contributed by atoms with Crippen LogP contribution in [0.5, 0.6) is 5.75 Å². The minimum atomic E-state index is 0.425. The van der Waals surface area contributed by atoms with Gasteiger partial charge in [0, 0.05) is 5.56 Å². The first-order valence-corrected chi connectivity index (χ1v) is 12.2. The van der Waals surface area contributed by atoms with Crippen LogP contribution < -0.4 is 0 Å². The van der Waals surface area contributed by atoms with Gasteiger partial charge in [0.25, 0.3) is 0 Å². The van der Waals surface area contributed by atoms with Gasteiger partial charge in [0.05, 0.1) is 0 Å². The second-order valence-corrected chi connectivity index (χ2v) is 8.50. The van der Waals surface area contributed by atoms with Crippen molar-refractivity contribution in [3.63, 3.8) is 0 Å². The molecule has 29 heavy (non-hydrogen) atoms. The molecule has 0 aliphatic carbocycles. The zero-order valence-corrected chi connectivity index (χ0v) is 18.9. The summed E-state index contributed by atoms with van der Waals surface area (Å²) in [5, 5.41) is 10.6. The number of hydrogen-bond donors (Lipinski definition) is 1. The molecule has 0 radical (unpaired) electrons. The van der Waals surface area contributed by atoms with Gasteiger partial charge in [-0.3, -0.25) is 0 Å². The number of benzene rings is 2. The van der Waals surface area contributed by atoms with Crippen LogP contribution in [0.1, 0.15) is 102 Å². The first kappa shape index (κ1) is 23.5. The van der Waals surface area contributed by atoms with Crippen molar-refractivity contribution in [2.75, 3.05) is 0 Å². The highest BCUT2D eigenvalue weighted by Gasteiger charge is 2.13. The van der Waals surface area contributed by atoms with Crippen molar-refractivity contribution < 1.29 is 5.11 Å². The third-order valence-electron chi connectivity index (χ3n) is 6.01. The Balaban J connectivity index is 1.87. The molecule has 0 saturated heterocycles. The van der Waals surface area contributed by atoms with E-state index in [1.54, 1.807) is 0 Å². The Kier molecular flexibility index (Phi) is 11.6. The maximum Gasteiger partial charge on any atom is 0.123 e. The zero-order valence-electron chi connectivity index (χ0n) is 18.9. The largest absolute Gasteiger partial charge is 0.507 e. The molecule has 2 rings (SSSR count). The number of aryl methyl sites for hydroxylation is 2. The minimum Gasteiger partial charge on any atom is -0.507 e. The van der Waals surface area contributed by atoms with Gasteiger partial charge >= 0.3 is 0 Å². The molecule has 0 spiro atoms. The van der Waals surface area contributed by atoms with Gasteiger partial charge in [0.15, 0.2) is 0 Å². The standard InChI is InChI=1S/C28H42O/c1-3-5-7-8-9-10-11-12-13-14-19-24-20-15-16-22-26(24)28-25(18-6-4-2)21-17-23-27(28)29/h15-17,20-23,29H,3-14,18-19H2,1-2H3. The molecule has 0 aromatic heterocycles. The Bertz CT molecular complexity index is 688. The van der Waals surface area contributed by atoms with Gasteiger partial charge in [-0.1, -0.05) is 114 Å². The van der Waals surface area contributed by atoms with Gasteiger partial charge in [-0.15, -0.1) is 0 Å². The van der Waals surface area contributed by atoms with Gasteiger partial charge in [0.1, 0.15) is 5.75 Å². The highest BCUT2D eigenvalue weighted by atomic mass is 16.3. The van der Waals surface area contributed by atoms with Crippen molar-refractivity contribution >= 4 is 0 Å². The lowest BCUT2D eigenvalue weighted by Crippen LogP contribution is -1.96. The molecule has 1 nitrogen and oxygen atoms in total. The van der Waals surface area contributed by atoms with Crippen molar-refractivity contribution in [2.24, 2.45) is 0 Å². The summed E-state index contributed by atoms with van der Waals surface area (Å²) >= 11 is 0. The van der Waals surface area contributed by atoms with E-state index < -0.39 is 0 Å². The Morgan fingerprint density at radius 2 is 1.10 bits per heavy atom.